The molecule has 0 N–H and O–H groups in total. The molecule has 2 heterocycles. The van der Waals surface area contributed by atoms with Crippen LogP contribution in [0.25, 0.3) is 92.2 Å². The number of hydrogen-bond donors (Lipinski definition) is 0. The molecular formula is C56H37NS. The second kappa shape index (κ2) is 13.3. The van der Waals surface area contributed by atoms with Crippen molar-refractivity contribution in [1.29, 1.82) is 0 Å². The van der Waals surface area contributed by atoms with E-state index in [2.05, 4.69) is 211 Å². The molecule has 0 aliphatic heterocycles. The molecule has 2 heteroatoms. The highest BCUT2D eigenvalue weighted by Crippen LogP contribution is 2.50. The van der Waals surface area contributed by atoms with Gasteiger partial charge < -0.3 is 4.57 Å². The highest BCUT2D eigenvalue weighted by molar-refractivity contribution is 7.26. The van der Waals surface area contributed by atoms with E-state index in [1.165, 1.54) is 109 Å². The van der Waals surface area contributed by atoms with Gasteiger partial charge in [-0.3, -0.25) is 0 Å². The Bertz CT molecular complexity index is 3330. The van der Waals surface area contributed by atoms with E-state index in [-0.39, 0.29) is 0 Å². The van der Waals surface area contributed by atoms with Gasteiger partial charge in [-0.2, -0.15) is 0 Å². The average Bonchev–Trinajstić information content (AvgIpc) is 3.86. The van der Waals surface area contributed by atoms with Gasteiger partial charge in [-0.1, -0.05) is 170 Å². The molecule has 0 saturated carbocycles. The number of para-hydroxylation sites is 1. The van der Waals surface area contributed by atoms with E-state index in [0.29, 0.717) is 5.92 Å². The molecule has 0 fully saturated rings. The SMILES string of the molecule is c1ccc(-c2ccc(C3Cc4ccc(-c5cc6c7ccccc7n(-c7ccc(-c8ccccc8)cc7)c6c6sc7ccccc7c56)cc4-c4ccccc43)cc2)cc1. The van der Waals surface area contributed by atoms with Crippen LogP contribution >= 0.6 is 11.3 Å². The van der Waals surface area contributed by atoms with E-state index < -0.39 is 0 Å². The predicted molar refractivity (Wildman–Crippen MR) is 247 cm³/mol. The lowest BCUT2D eigenvalue weighted by Gasteiger charge is -2.29. The van der Waals surface area contributed by atoms with Gasteiger partial charge in [0.15, 0.2) is 0 Å². The fourth-order valence-electron chi connectivity index (χ4n) is 9.64. The molecule has 1 nitrogen and oxygen atoms in total. The van der Waals surface area contributed by atoms with Crippen LogP contribution in [0.5, 0.6) is 0 Å². The Labute approximate surface area is 341 Å². The van der Waals surface area contributed by atoms with Crippen molar-refractivity contribution in [2.24, 2.45) is 0 Å². The number of aromatic nitrogens is 1. The molecule has 9 aromatic carbocycles. The van der Waals surface area contributed by atoms with Crippen molar-refractivity contribution < 1.29 is 0 Å². The van der Waals surface area contributed by atoms with Crippen molar-refractivity contribution >= 4 is 53.3 Å². The standard InChI is InChI=1S/C56H37NS/c1-3-13-36(14-4-1)38-23-25-40(26-24-38)48-33-41-27-28-42(34-49(41)45-18-8-7-17-44(45)48)50-35-51-46-19-9-11-21-52(46)57(43-31-29-39(30-32-43)37-15-5-2-6-16-37)55(51)56-54(50)47-20-10-12-22-53(47)58-56/h1-32,34-35,48H,33H2. The van der Waals surface area contributed by atoms with Crippen LogP contribution in [-0.2, 0) is 6.42 Å². The summed E-state index contributed by atoms with van der Waals surface area (Å²) in [5.74, 6) is 0.302. The fourth-order valence-corrected chi connectivity index (χ4v) is 10.9. The number of hydrogen-bond acceptors (Lipinski definition) is 1. The summed E-state index contributed by atoms with van der Waals surface area (Å²) in [5.41, 5.74) is 18.1. The van der Waals surface area contributed by atoms with Gasteiger partial charge in [0.05, 0.1) is 15.7 Å². The molecule has 58 heavy (non-hydrogen) atoms. The number of fused-ring (bicyclic) bond motifs is 10. The van der Waals surface area contributed by atoms with Crippen LogP contribution in [0.3, 0.4) is 0 Å². The minimum atomic E-state index is 0.302. The van der Waals surface area contributed by atoms with Crippen molar-refractivity contribution in [3.05, 3.63) is 223 Å². The molecule has 1 atom stereocenters. The molecular weight excluding hydrogens is 719 g/mol. The Balaban J connectivity index is 1.03. The van der Waals surface area contributed by atoms with E-state index in [1.807, 2.05) is 11.3 Å². The van der Waals surface area contributed by atoms with E-state index in [9.17, 15) is 0 Å². The first kappa shape index (κ1) is 33.2. The molecule has 1 aliphatic carbocycles. The molecule has 0 spiro atoms. The van der Waals surface area contributed by atoms with Gasteiger partial charge in [-0.15, -0.1) is 11.3 Å². The van der Waals surface area contributed by atoms with E-state index in [1.54, 1.807) is 0 Å². The Morgan fingerprint density at radius 3 is 1.79 bits per heavy atom. The predicted octanol–water partition coefficient (Wildman–Crippen LogP) is 15.5. The van der Waals surface area contributed by atoms with Crippen molar-refractivity contribution in [2.75, 3.05) is 0 Å². The summed E-state index contributed by atoms with van der Waals surface area (Å²) < 4.78 is 5.14. The molecule has 0 bridgehead atoms. The Hall–Kier alpha value is -7.00. The van der Waals surface area contributed by atoms with Crippen LogP contribution in [0.1, 0.15) is 22.6 Å². The summed E-state index contributed by atoms with van der Waals surface area (Å²) in [6.45, 7) is 0. The third-order valence-electron chi connectivity index (χ3n) is 12.4. The molecule has 11 aromatic rings. The monoisotopic (exact) mass is 755 g/mol. The zero-order chi connectivity index (χ0) is 38.2. The van der Waals surface area contributed by atoms with Crippen molar-refractivity contribution in [2.45, 2.75) is 12.3 Å². The average molecular weight is 756 g/mol. The summed E-state index contributed by atoms with van der Waals surface area (Å²) in [4.78, 5) is 0. The van der Waals surface area contributed by atoms with Crippen LogP contribution in [0.15, 0.2) is 206 Å². The first-order valence-electron chi connectivity index (χ1n) is 20.2. The van der Waals surface area contributed by atoms with E-state index in [4.69, 9.17) is 0 Å². The van der Waals surface area contributed by atoms with Crippen LogP contribution < -0.4 is 0 Å². The molecule has 0 radical (unpaired) electrons. The molecule has 0 amide bonds. The zero-order valence-corrected chi connectivity index (χ0v) is 32.6. The molecule has 1 aliphatic rings. The largest absolute Gasteiger partial charge is 0.308 e. The Morgan fingerprint density at radius 2 is 1.03 bits per heavy atom. The minimum absolute atomic E-state index is 0.302. The molecule has 2 aromatic heterocycles. The van der Waals surface area contributed by atoms with E-state index >= 15 is 0 Å². The van der Waals surface area contributed by atoms with Gasteiger partial charge >= 0.3 is 0 Å². The minimum Gasteiger partial charge on any atom is -0.308 e. The smallest absolute Gasteiger partial charge is 0.0720 e. The topological polar surface area (TPSA) is 4.93 Å². The summed E-state index contributed by atoms with van der Waals surface area (Å²) in [6.07, 6.45) is 0.976. The zero-order valence-electron chi connectivity index (χ0n) is 31.8. The second-order valence-electron chi connectivity index (χ2n) is 15.6. The lowest BCUT2D eigenvalue weighted by molar-refractivity contribution is 0.794. The van der Waals surface area contributed by atoms with E-state index in [0.717, 1.165) is 6.42 Å². The third kappa shape index (κ3) is 5.22. The van der Waals surface area contributed by atoms with Gasteiger partial charge in [0.1, 0.15) is 0 Å². The first-order chi connectivity index (χ1) is 28.8. The Morgan fingerprint density at radius 1 is 0.431 bits per heavy atom. The highest BCUT2D eigenvalue weighted by Gasteiger charge is 2.27. The third-order valence-corrected chi connectivity index (χ3v) is 13.6. The second-order valence-corrected chi connectivity index (χ2v) is 16.6. The maximum Gasteiger partial charge on any atom is 0.0720 e. The maximum absolute atomic E-state index is 2.50. The lowest BCUT2D eigenvalue weighted by Crippen LogP contribution is -2.12. The van der Waals surface area contributed by atoms with Crippen LogP contribution in [0.4, 0.5) is 0 Å². The van der Waals surface area contributed by atoms with Gasteiger partial charge in [0.2, 0.25) is 0 Å². The number of rotatable bonds is 5. The van der Waals surface area contributed by atoms with Crippen molar-refractivity contribution in [3.8, 4) is 50.2 Å². The van der Waals surface area contributed by atoms with Gasteiger partial charge in [-0.05, 0) is 104 Å². The summed E-state index contributed by atoms with van der Waals surface area (Å²) in [7, 11) is 0. The normalized spacial score (nSPS) is 13.6. The first-order valence-corrected chi connectivity index (χ1v) is 21.0. The van der Waals surface area contributed by atoms with Crippen LogP contribution in [0, 0.1) is 0 Å². The van der Waals surface area contributed by atoms with Gasteiger partial charge in [0.25, 0.3) is 0 Å². The van der Waals surface area contributed by atoms with Gasteiger partial charge in [0, 0.05) is 37.9 Å². The number of benzene rings is 9. The molecule has 272 valence electrons. The summed E-state index contributed by atoms with van der Waals surface area (Å²) in [6, 6.07) is 76.4. The number of nitrogens with zero attached hydrogens (tertiary/aromatic N) is 1. The number of thiophene rings is 1. The highest BCUT2D eigenvalue weighted by atomic mass is 32.1. The maximum atomic E-state index is 2.50. The quantitative estimate of drug-likeness (QED) is 0.165. The summed E-state index contributed by atoms with van der Waals surface area (Å²) in [5, 5.41) is 5.20. The lowest BCUT2D eigenvalue weighted by atomic mass is 9.75. The fraction of sp³-hybridized carbons (Fsp3) is 0.0357. The summed E-state index contributed by atoms with van der Waals surface area (Å²) >= 11 is 1.92. The van der Waals surface area contributed by atoms with Crippen molar-refractivity contribution in [3.63, 3.8) is 0 Å². The Kier molecular flexibility index (Phi) is 7.61. The molecule has 12 rings (SSSR count). The van der Waals surface area contributed by atoms with Crippen LogP contribution in [0.2, 0.25) is 0 Å². The van der Waals surface area contributed by atoms with Crippen LogP contribution in [-0.4, -0.2) is 4.57 Å². The molecule has 0 saturated heterocycles. The van der Waals surface area contributed by atoms with Gasteiger partial charge in [-0.25, -0.2) is 0 Å². The van der Waals surface area contributed by atoms with Crippen molar-refractivity contribution in [1.82, 2.24) is 4.57 Å². The molecule has 1 unspecified atom stereocenters.